The summed E-state index contributed by atoms with van der Waals surface area (Å²) in [7, 11) is -3.54. The van der Waals surface area contributed by atoms with Gasteiger partial charge in [-0.15, -0.1) is 0 Å². The fourth-order valence-corrected chi connectivity index (χ4v) is 3.32. The Hall–Kier alpha value is -2.34. The Bertz CT molecular complexity index is 802. The summed E-state index contributed by atoms with van der Waals surface area (Å²) in [5, 5.41) is 2.82. The molecule has 1 N–H and O–H groups in total. The van der Waals surface area contributed by atoms with Gasteiger partial charge in [0.15, 0.2) is 0 Å². The zero-order valence-electron chi connectivity index (χ0n) is 14.8. The Balaban J connectivity index is 2.01. The van der Waals surface area contributed by atoms with Gasteiger partial charge in [-0.2, -0.15) is 0 Å². The van der Waals surface area contributed by atoms with Gasteiger partial charge < -0.3 is 5.32 Å². The van der Waals surface area contributed by atoms with Gasteiger partial charge in [0, 0.05) is 6.54 Å². The highest BCUT2D eigenvalue weighted by molar-refractivity contribution is 7.92. The van der Waals surface area contributed by atoms with E-state index in [0.29, 0.717) is 12.2 Å². The molecule has 2 aromatic rings. The number of rotatable bonds is 7. The molecule has 0 saturated carbocycles. The topological polar surface area (TPSA) is 66.5 Å². The molecule has 0 aromatic heterocycles. The molecule has 5 nitrogen and oxygen atoms in total. The van der Waals surface area contributed by atoms with Gasteiger partial charge >= 0.3 is 0 Å². The molecular weight excluding hydrogens is 336 g/mol. The van der Waals surface area contributed by atoms with Gasteiger partial charge in [0.1, 0.15) is 6.54 Å². The highest BCUT2D eigenvalue weighted by Crippen LogP contribution is 2.18. The minimum Gasteiger partial charge on any atom is -0.354 e. The number of amides is 1. The van der Waals surface area contributed by atoms with Crippen LogP contribution in [0.1, 0.15) is 24.0 Å². The lowest BCUT2D eigenvalue weighted by molar-refractivity contribution is -0.119. The molecule has 1 unspecified atom stereocenters. The second kappa shape index (κ2) is 8.16. The number of anilines is 1. The summed E-state index contributed by atoms with van der Waals surface area (Å²) < 4.78 is 25.2. The summed E-state index contributed by atoms with van der Waals surface area (Å²) in [6, 6.07) is 16.9. The molecule has 0 bridgehead atoms. The summed E-state index contributed by atoms with van der Waals surface area (Å²) in [6.07, 6.45) is 1.10. The molecule has 0 aliphatic heterocycles. The van der Waals surface area contributed by atoms with Crippen LogP contribution < -0.4 is 9.62 Å². The van der Waals surface area contributed by atoms with Gasteiger partial charge in [-0.1, -0.05) is 55.0 Å². The number of hydrogen-bond donors (Lipinski definition) is 1. The largest absolute Gasteiger partial charge is 0.354 e. The van der Waals surface area contributed by atoms with Crippen molar-refractivity contribution in [3.63, 3.8) is 0 Å². The minimum atomic E-state index is -3.54. The Kier molecular flexibility index (Phi) is 6.20. The first-order valence-corrected chi connectivity index (χ1v) is 9.98. The number of aryl methyl sites for hydroxylation is 1. The predicted octanol–water partition coefficient (Wildman–Crippen LogP) is 2.68. The maximum atomic E-state index is 12.3. The van der Waals surface area contributed by atoms with Crippen molar-refractivity contribution in [3.05, 3.63) is 65.7 Å². The molecule has 1 atom stereocenters. The van der Waals surface area contributed by atoms with Crippen LogP contribution in [0.25, 0.3) is 0 Å². The standard InChI is InChI=1S/C19H24N2O3S/c1-15-9-11-18(12-10-15)21(25(3,23)24)14-19(22)20-13-16(2)17-7-5-4-6-8-17/h4-12,16H,13-14H2,1-3H3,(H,20,22). The third-order valence-corrected chi connectivity index (χ3v) is 5.12. The number of hydrogen-bond acceptors (Lipinski definition) is 3. The average molecular weight is 360 g/mol. The lowest BCUT2D eigenvalue weighted by Gasteiger charge is -2.22. The van der Waals surface area contributed by atoms with E-state index in [1.165, 1.54) is 0 Å². The van der Waals surface area contributed by atoms with Crippen LogP contribution >= 0.6 is 0 Å². The van der Waals surface area contributed by atoms with Crippen molar-refractivity contribution in [1.82, 2.24) is 5.32 Å². The molecule has 134 valence electrons. The van der Waals surface area contributed by atoms with Crippen LogP contribution in [0, 0.1) is 6.92 Å². The molecule has 0 saturated heterocycles. The Morgan fingerprint density at radius 3 is 2.24 bits per heavy atom. The molecule has 25 heavy (non-hydrogen) atoms. The highest BCUT2D eigenvalue weighted by atomic mass is 32.2. The number of sulfonamides is 1. The number of benzene rings is 2. The van der Waals surface area contributed by atoms with Crippen LogP contribution in [0.3, 0.4) is 0 Å². The summed E-state index contributed by atoms with van der Waals surface area (Å²) in [5.41, 5.74) is 2.64. The molecule has 0 aliphatic rings. The second-order valence-corrected chi connectivity index (χ2v) is 8.13. The van der Waals surface area contributed by atoms with E-state index in [0.717, 1.165) is 21.7 Å². The van der Waals surface area contributed by atoms with Crippen molar-refractivity contribution >= 4 is 21.6 Å². The summed E-state index contributed by atoms with van der Waals surface area (Å²) in [5.74, 6) is -0.176. The molecule has 2 aromatic carbocycles. The van der Waals surface area contributed by atoms with Crippen LogP contribution in [0.2, 0.25) is 0 Å². The first-order valence-electron chi connectivity index (χ1n) is 8.13. The zero-order valence-corrected chi connectivity index (χ0v) is 15.6. The van der Waals surface area contributed by atoms with Gasteiger partial charge in [0.2, 0.25) is 15.9 Å². The maximum Gasteiger partial charge on any atom is 0.240 e. The number of carbonyl (C=O) groups excluding carboxylic acids is 1. The monoisotopic (exact) mass is 360 g/mol. The number of carbonyl (C=O) groups is 1. The van der Waals surface area contributed by atoms with Crippen molar-refractivity contribution in [2.45, 2.75) is 19.8 Å². The second-order valence-electron chi connectivity index (χ2n) is 6.22. The quantitative estimate of drug-likeness (QED) is 0.825. The third-order valence-electron chi connectivity index (χ3n) is 3.98. The van der Waals surface area contributed by atoms with E-state index in [9.17, 15) is 13.2 Å². The van der Waals surface area contributed by atoms with Crippen LogP contribution in [-0.4, -0.2) is 33.7 Å². The fourth-order valence-electron chi connectivity index (χ4n) is 2.46. The molecular formula is C19H24N2O3S. The van der Waals surface area contributed by atoms with E-state index in [1.807, 2.05) is 56.3 Å². The Morgan fingerprint density at radius 2 is 1.68 bits per heavy atom. The van der Waals surface area contributed by atoms with E-state index >= 15 is 0 Å². The molecule has 0 heterocycles. The van der Waals surface area contributed by atoms with Gasteiger partial charge in [0.25, 0.3) is 0 Å². The van der Waals surface area contributed by atoms with E-state index in [4.69, 9.17) is 0 Å². The predicted molar refractivity (Wildman–Crippen MR) is 101 cm³/mol. The lowest BCUT2D eigenvalue weighted by atomic mass is 10.0. The molecule has 1 amide bonds. The molecule has 6 heteroatoms. The SMILES string of the molecule is Cc1ccc(N(CC(=O)NCC(C)c2ccccc2)S(C)(=O)=O)cc1. The smallest absolute Gasteiger partial charge is 0.240 e. The third kappa shape index (κ3) is 5.60. The van der Waals surface area contributed by atoms with Crippen LogP contribution in [-0.2, 0) is 14.8 Å². The highest BCUT2D eigenvalue weighted by Gasteiger charge is 2.21. The van der Waals surface area contributed by atoms with Crippen molar-refractivity contribution in [3.8, 4) is 0 Å². The van der Waals surface area contributed by atoms with E-state index in [-0.39, 0.29) is 18.4 Å². The van der Waals surface area contributed by atoms with Crippen molar-refractivity contribution in [1.29, 1.82) is 0 Å². The van der Waals surface area contributed by atoms with E-state index < -0.39 is 10.0 Å². The van der Waals surface area contributed by atoms with E-state index in [1.54, 1.807) is 12.1 Å². The van der Waals surface area contributed by atoms with Crippen molar-refractivity contribution in [2.75, 3.05) is 23.7 Å². The number of nitrogens with zero attached hydrogens (tertiary/aromatic N) is 1. The summed E-state index contributed by atoms with van der Waals surface area (Å²) >= 11 is 0. The van der Waals surface area contributed by atoms with Gasteiger partial charge in [-0.25, -0.2) is 8.42 Å². The van der Waals surface area contributed by atoms with Gasteiger partial charge in [-0.3, -0.25) is 9.10 Å². The fraction of sp³-hybridized carbons (Fsp3) is 0.316. The van der Waals surface area contributed by atoms with Gasteiger partial charge in [-0.05, 0) is 30.5 Å². The Labute approximate surface area is 149 Å². The maximum absolute atomic E-state index is 12.3. The molecule has 0 aliphatic carbocycles. The lowest BCUT2D eigenvalue weighted by Crippen LogP contribution is -2.41. The summed E-state index contributed by atoms with van der Waals surface area (Å²) in [6.45, 7) is 4.16. The first-order chi connectivity index (χ1) is 11.8. The van der Waals surface area contributed by atoms with Gasteiger partial charge in [0.05, 0.1) is 11.9 Å². The van der Waals surface area contributed by atoms with E-state index in [2.05, 4.69) is 5.32 Å². The van der Waals surface area contributed by atoms with Crippen LogP contribution in [0.4, 0.5) is 5.69 Å². The van der Waals surface area contributed by atoms with Crippen molar-refractivity contribution in [2.24, 2.45) is 0 Å². The molecule has 2 rings (SSSR count). The van der Waals surface area contributed by atoms with Crippen molar-refractivity contribution < 1.29 is 13.2 Å². The molecule has 0 radical (unpaired) electrons. The average Bonchev–Trinajstić information content (AvgIpc) is 2.58. The summed E-state index contributed by atoms with van der Waals surface area (Å²) in [4.78, 5) is 12.3. The van der Waals surface area contributed by atoms with Crippen LogP contribution in [0.15, 0.2) is 54.6 Å². The number of nitrogens with one attached hydrogen (secondary N) is 1. The normalized spacial score (nSPS) is 12.4. The first kappa shape index (κ1) is 19.0. The van der Waals surface area contributed by atoms with Crippen LogP contribution in [0.5, 0.6) is 0 Å². The zero-order chi connectivity index (χ0) is 18.4. The minimum absolute atomic E-state index is 0.149. The Morgan fingerprint density at radius 1 is 1.08 bits per heavy atom. The molecule has 0 spiro atoms. The molecule has 0 fully saturated rings.